The van der Waals surface area contributed by atoms with Crippen LogP contribution in [0.4, 0.5) is 0 Å². The molecule has 0 saturated heterocycles. The molecule has 0 radical (unpaired) electrons. The summed E-state index contributed by atoms with van der Waals surface area (Å²) in [5.41, 5.74) is 0.0861. The lowest BCUT2D eigenvalue weighted by molar-refractivity contribution is -0.146. The number of phenolic OH excluding ortho intramolecular Hbond substituents is 1. The summed E-state index contributed by atoms with van der Waals surface area (Å²) >= 11 is 3.14. The van der Waals surface area contributed by atoms with Crippen LogP contribution in [0.1, 0.15) is 16.8 Å². The molecule has 1 amide bonds. The molecule has 0 bridgehead atoms. The molecule has 0 fully saturated rings. The van der Waals surface area contributed by atoms with Crippen molar-refractivity contribution in [2.24, 2.45) is 0 Å². The zero-order valence-corrected chi connectivity index (χ0v) is 10.8. The van der Waals surface area contributed by atoms with E-state index in [1.54, 1.807) is 6.07 Å². The number of carboxylic acid groups (broad SMARTS) is 1. The Kier molecular flexibility index (Phi) is 5.11. The Hall–Kier alpha value is -1.60. The highest BCUT2D eigenvalue weighted by Crippen LogP contribution is 2.21. The van der Waals surface area contributed by atoms with Crippen molar-refractivity contribution in [3.63, 3.8) is 0 Å². The van der Waals surface area contributed by atoms with Crippen molar-refractivity contribution in [3.05, 3.63) is 28.2 Å². The number of hydrogen-bond acceptors (Lipinski definition) is 4. The first kappa shape index (κ1) is 14.5. The van der Waals surface area contributed by atoms with E-state index in [0.717, 1.165) is 0 Å². The van der Waals surface area contributed by atoms with Crippen molar-refractivity contribution in [2.75, 3.05) is 6.54 Å². The molecule has 0 saturated carbocycles. The van der Waals surface area contributed by atoms with Gasteiger partial charge in [-0.1, -0.05) is 15.9 Å². The highest BCUT2D eigenvalue weighted by Gasteiger charge is 2.14. The summed E-state index contributed by atoms with van der Waals surface area (Å²) < 4.78 is 0.637. The number of nitrogens with one attached hydrogen (secondary N) is 1. The zero-order valence-electron chi connectivity index (χ0n) is 9.26. The predicted molar refractivity (Wildman–Crippen MR) is 66.4 cm³/mol. The fourth-order valence-corrected chi connectivity index (χ4v) is 1.59. The smallest absolute Gasteiger partial charge is 0.332 e. The molecule has 98 valence electrons. The second-order valence-corrected chi connectivity index (χ2v) is 4.48. The maximum Gasteiger partial charge on any atom is 0.332 e. The molecule has 0 aromatic heterocycles. The topological polar surface area (TPSA) is 107 Å². The number of aliphatic hydroxyl groups excluding tert-OH is 1. The fraction of sp³-hybridized carbons (Fsp3) is 0.273. The molecule has 6 nitrogen and oxygen atoms in total. The van der Waals surface area contributed by atoms with Crippen LogP contribution < -0.4 is 5.32 Å². The fourth-order valence-electron chi connectivity index (χ4n) is 1.24. The first-order valence-corrected chi connectivity index (χ1v) is 5.88. The zero-order chi connectivity index (χ0) is 13.7. The number of benzene rings is 1. The van der Waals surface area contributed by atoms with Crippen LogP contribution in [0.15, 0.2) is 22.7 Å². The number of aliphatic hydroxyl groups is 1. The summed E-state index contributed by atoms with van der Waals surface area (Å²) in [6.45, 7) is 0.00179. The summed E-state index contributed by atoms with van der Waals surface area (Å²) in [5.74, 6) is -2.05. The van der Waals surface area contributed by atoms with Gasteiger partial charge >= 0.3 is 5.97 Å². The van der Waals surface area contributed by atoms with Crippen LogP contribution >= 0.6 is 15.9 Å². The molecule has 1 atom stereocenters. The van der Waals surface area contributed by atoms with Crippen molar-refractivity contribution < 1.29 is 24.9 Å². The molecule has 0 aliphatic rings. The lowest BCUT2D eigenvalue weighted by Crippen LogP contribution is -2.30. The van der Waals surface area contributed by atoms with E-state index in [0.29, 0.717) is 4.47 Å². The molecule has 0 aliphatic heterocycles. The van der Waals surface area contributed by atoms with E-state index in [-0.39, 0.29) is 24.3 Å². The Bertz CT molecular complexity index is 463. The molecule has 0 spiro atoms. The minimum absolute atomic E-state index is 0.00179. The Labute approximate surface area is 111 Å². The van der Waals surface area contributed by atoms with E-state index < -0.39 is 18.0 Å². The average molecular weight is 318 g/mol. The van der Waals surface area contributed by atoms with Gasteiger partial charge in [0.15, 0.2) is 6.10 Å². The summed E-state index contributed by atoms with van der Waals surface area (Å²) in [5, 5.41) is 29.4. The average Bonchev–Trinajstić information content (AvgIpc) is 2.28. The molecule has 7 heteroatoms. The molecule has 0 aliphatic carbocycles. The Morgan fingerprint density at radius 3 is 2.61 bits per heavy atom. The molecule has 4 N–H and O–H groups in total. The van der Waals surface area contributed by atoms with Crippen LogP contribution in [-0.2, 0) is 4.79 Å². The van der Waals surface area contributed by atoms with Gasteiger partial charge in [-0.15, -0.1) is 0 Å². The van der Waals surface area contributed by atoms with Gasteiger partial charge < -0.3 is 20.6 Å². The minimum Gasteiger partial charge on any atom is -0.507 e. The molecular weight excluding hydrogens is 306 g/mol. The number of rotatable bonds is 5. The number of halogens is 1. The van der Waals surface area contributed by atoms with E-state index in [1.165, 1.54) is 12.1 Å². The number of amides is 1. The third-order valence-electron chi connectivity index (χ3n) is 2.19. The number of carbonyl (C=O) groups excluding carboxylic acids is 1. The monoisotopic (exact) mass is 317 g/mol. The molecule has 0 unspecified atom stereocenters. The Morgan fingerprint density at radius 2 is 2.06 bits per heavy atom. The van der Waals surface area contributed by atoms with Gasteiger partial charge in [0.05, 0.1) is 5.56 Å². The highest BCUT2D eigenvalue weighted by atomic mass is 79.9. The van der Waals surface area contributed by atoms with Gasteiger partial charge in [-0.3, -0.25) is 4.79 Å². The van der Waals surface area contributed by atoms with Gasteiger partial charge in [-0.2, -0.15) is 0 Å². The van der Waals surface area contributed by atoms with Crippen LogP contribution in [0.2, 0.25) is 0 Å². The standard InChI is InChI=1S/C11H12BrNO5/c12-6-1-2-7(9(15)5-6)10(16)13-4-3-8(14)11(17)18/h1-2,5,8,14-15H,3-4H2,(H,13,16)(H,17,18)/t8-/m0/s1. The number of hydrogen-bond donors (Lipinski definition) is 4. The summed E-state index contributed by atoms with van der Waals surface area (Å²) in [7, 11) is 0. The molecule has 1 aromatic rings. The number of aromatic hydroxyl groups is 1. The van der Waals surface area contributed by atoms with Crippen molar-refractivity contribution >= 4 is 27.8 Å². The van der Waals surface area contributed by atoms with Gasteiger partial charge in [-0.25, -0.2) is 4.79 Å². The molecule has 0 heterocycles. The van der Waals surface area contributed by atoms with Crippen LogP contribution in [0.25, 0.3) is 0 Å². The summed E-state index contributed by atoms with van der Waals surface area (Å²) in [6, 6.07) is 4.41. The Morgan fingerprint density at radius 1 is 1.39 bits per heavy atom. The number of carboxylic acids is 1. The van der Waals surface area contributed by atoms with E-state index >= 15 is 0 Å². The lowest BCUT2D eigenvalue weighted by atomic mass is 10.2. The normalized spacial score (nSPS) is 11.9. The van der Waals surface area contributed by atoms with Gasteiger partial charge in [0.2, 0.25) is 0 Å². The molecule has 1 aromatic carbocycles. The van der Waals surface area contributed by atoms with Crippen molar-refractivity contribution in [2.45, 2.75) is 12.5 Å². The summed E-state index contributed by atoms with van der Waals surface area (Å²) in [6.07, 6.45) is -1.61. The first-order valence-electron chi connectivity index (χ1n) is 5.09. The maximum atomic E-state index is 11.6. The van der Waals surface area contributed by atoms with Gasteiger partial charge in [0.25, 0.3) is 5.91 Å². The summed E-state index contributed by atoms with van der Waals surface area (Å²) in [4.78, 5) is 21.9. The largest absolute Gasteiger partial charge is 0.507 e. The quantitative estimate of drug-likeness (QED) is 0.640. The third kappa shape index (κ3) is 4.01. The van der Waals surface area contributed by atoms with E-state index in [4.69, 9.17) is 10.2 Å². The number of phenols is 1. The lowest BCUT2D eigenvalue weighted by Gasteiger charge is -2.08. The van der Waals surface area contributed by atoms with Crippen molar-refractivity contribution in [3.8, 4) is 5.75 Å². The Balaban J connectivity index is 2.53. The second kappa shape index (κ2) is 6.36. The van der Waals surface area contributed by atoms with Crippen molar-refractivity contribution in [1.82, 2.24) is 5.32 Å². The van der Waals surface area contributed by atoms with Crippen LogP contribution in [-0.4, -0.2) is 39.8 Å². The van der Waals surface area contributed by atoms with E-state index in [1.807, 2.05) is 0 Å². The highest BCUT2D eigenvalue weighted by molar-refractivity contribution is 9.10. The van der Waals surface area contributed by atoms with Crippen LogP contribution in [0.3, 0.4) is 0 Å². The molecule has 18 heavy (non-hydrogen) atoms. The van der Waals surface area contributed by atoms with Gasteiger partial charge in [0, 0.05) is 17.4 Å². The van der Waals surface area contributed by atoms with E-state index in [2.05, 4.69) is 21.2 Å². The third-order valence-corrected chi connectivity index (χ3v) is 2.69. The van der Waals surface area contributed by atoms with Crippen molar-refractivity contribution in [1.29, 1.82) is 0 Å². The van der Waals surface area contributed by atoms with Gasteiger partial charge in [-0.05, 0) is 18.2 Å². The van der Waals surface area contributed by atoms with Crippen LogP contribution in [0.5, 0.6) is 5.75 Å². The second-order valence-electron chi connectivity index (χ2n) is 3.56. The van der Waals surface area contributed by atoms with Crippen LogP contribution in [0, 0.1) is 0 Å². The molecular formula is C11H12BrNO5. The molecule has 1 rings (SSSR count). The van der Waals surface area contributed by atoms with Gasteiger partial charge in [0.1, 0.15) is 5.75 Å². The maximum absolute atomic E-state index is 11.6. The SMILES string of the molecule is O=C(NCC[C@H](O)C(=O)O)c1ccc(Br)cc1O. The number of aliphatic carboxylic acids is 1. The van der Waals surface area contributed by atoms with E-state index in [9.17, 15) is 14.7 Å². The number of carbonyl (C=O) groups is 2. The first-order chi connectivity index (χ1) is 8.41. The predicted octanol–water partition coefficient (Wildman–Crippen LogP) is 0.720. The minimum atomic E-state index is -1.51.